The van der Waals surface area contributed by atoms with Crippen molar-refractivity contribution in [1.29, 1.82) is 0 Å². The van der Waals surface area contributed by atoms with Crippen molar-refractivity contribution in [2.75, 3.05) is 17.7 Å². The van der Waals surface area contributed by atoms with E-state index in [0.717, 1.165) is 10.4 Å². The average Bonchev–Trinajstić information content (AvgIpc) is 2.84. The molecule has 0 atom stereocenters. The average molecular weight is 284 g/mol. The van der Waals surface area contributed by atoms with Gasteiger partial charge in [0, 0.05) is 19.4 Å². The molecule has 1 amide bonds. The lowest BCUT2D eigenvalue weighted by Gasteiger charge is -2.15. The molecule has 0 saturated carbocycles. The van der Waals surface area contributed by atoms with Crippen molar-refractivity contribution in [3.8, 4) is 0 Å². The maximum absolute atomic E-state index is 12.5. The number of rotatable bonds is 2. The van der Waals surface area contributed by atoms with Gasteiger partial charge in [0.2, 0.25) is 0 Å². The molecule has 20 heavy (non-hydrogen) atoms. The maximum Gasteiger partial charge on any atom is 0.270 e. The lowest BCUT2D eigenvalue weighted by Crippen LogP contribution is -2.26. The SMILES string of the molecule is CN(C(=O)c1sc2cccnc2c1N)c1cccnc1. The van der Waals surface area contributed by atoms with Gasteiger partial charge in [0.15, 0.2) is 0 Å². The van der Waals surface area contributed by atoms with E-state index < -0.39 is 0 Å². The molecule has 0 bridgehead atoms. The number of carbonyl (C=O) groups is 1. The van der Waals surface area contributed by atoms with Crippen LogP contribution in [-0.4, -0.2) is 22.9 Å². The van der Waals surface area contributed by atoms with Gasteiger partial charge in [-0.2, -0.15) is 0 Å². The van der Waals surface area contributed by atoms with Gasteiger partial charge in [-0.25, -0.2) is 0 Å². The highest BCUT2D eigenvalue weighted by atomic mass is 32.1. The van der Waals surface area contributed by atoms with Crippen molar-refractivity contribution in [2.45, 2.75) is 0 Å². The molecule has 0 unspecified atom stereocenters. The second-order valence-electron chi connectivity index (χ2n) is 4.27. The zero-order valence-corrected chi connectivity index (χ0v) is 11.6. The topological polar surface area (TPSA) is 72.1 Å². The smallest absolute Gasteiger partial charge is 0.270 e. The van der Waals surface area contributed by atoms with Crippen molar-refractivity contribution in [3.63, 3.8) is 0 Å². The first-order valence-corrected chi connectivity index (χ1v) is 6.81. The highest BCUT2D eigenvalue weighted by Crippen LogP contribution is 2.33. The summed E-state index contributed by atoms with van der Waals surface area (Å²) in [6.45, 7) is 0. The summed E-state index contributed by atoms with van der Waals surface area (Å²) in [6, 6.07) is 7.35. The molecule has 5 nitrogen and oxygen atoms in total. The van der Waals surface area contributed by atoms with Crippen LogP contribution in [0.2, 0.25) is 0 Å². The number of aromatic nitrogens is 2. The first-order valence-electron chi connectivity index (χ1n) is 5.99. The molecular formula is C14H12N4OS. The predicted octanol–water partition coefficient (Wildman–Crippen LogP) is 2.55. The van der Waals surface area contributed by atoms with Crippen LogP contribution in [-0.2, 0) is 0 Å². The molecule has 6 heteroatoms. The number of fused-ring (bicyclic) bond motifs is 1. The molecule has 3 aromatic rings. The zero-order valence-electron chi connectivity index (χ0n) is 10.8. The standard InChI is InChI=1S/C14H12N4OS/c1-18(9-4-2-6-16-8-9)14(19)13-11(15)12-10(20-13)5-3-7-17-12/h2-8H,15H2,1H3. The van der Waals surface area contributed by atoms with Gasteiger partial charge >= 0.3 is 0 Å². The quantitative estimate of drug-likeness (QED) is 0.785. The van der Waals surface area contributed by atoms with Gasteiger partial charge in [0.1, 0.15) is 10.4 Å². The van der Waals surface area contributed by atoms with Crippen molar-refractivity contribution in [1.82, 2.24) is 9.97 Å². The molecule has 0 aromatic carbocycles. The third-order valence-corrected chi connectivity index (χ3v) is 4.16. The van der Waals surface area contributed by atoms with Gasteiger partial charge in [-0.05, 0) is 24.3 Å². The van der Waals surface area contributed by atoms with E-state index >= 15 is 0 Å². The number of anilines is 2. The third kappa shape index (κ3) is 2.00. The summed E-state index contributed by atoms with van der Waals surface area (Å²) >= 11 is 1.36. The van der Waals surface area contributed by atoms with E-state index in [2.05, 4.69) is 9.97 Å². The van der Waals surface area contributed by atoms with Crippen LogP contribution in [0.25, 0.3) is 10.2 Å². The molecule has 0 radical (unpaired) electrons. The Morgan fingerprint density at radius 3 is 2.80 bits per heavy atom. The second-order valence-corrected chi connectivity index (χ2v) is 5.32. The molecule has 3 heterocycles. The third-order valence-electron chi connectivity index (χ3n) is 3.01. The predicted molar refractivity (Wildman–Crippen MR) is 81.0 cm³/mol. The molecule has 3 aromatic heterocycles. The highest BCUT2D eigenvalue weighted by molar-refractivity contribution is 7.21. The Balaban J connectivity index is 2.03. The van der Waals surface area contributed by atoms with Crippen molar-refractivity contribution >= 4 is 38.8 Å². The van der Waals surface area contributed by atoms with Crippen LogP contribution < -0.4 is 10.6 Å². The van der Waals surface area contributed by atoms with E-state index in [9.17, 15) is 4.79 Å². The molecule has 100 valence electrons. The second kappa shape index (κ2) is 4.90. The molecule has 2 N–H and O–H groups in total. The Bertz CT molecular complexity index is 769. The number of pyridine rings is 2. The molecule has 0 spiro atoms. The number of nitrogen functional groups attached to an aromatic ring is 1. The molecule has 0 fully saturated rings. The Labute approximate surface area is 119 Å². The zero-order chi connectivity index (χ0) is 14.1. The van der Waals surface area contributed by atoms with Crippen LogP contribution in [0.5, 0.6) is 0 Å². The number of hydrogen-bond donors (Lipinski definition) is 1. The monoisotopic (exact) mass is 284 g/mol. The van der Waals surface area contributed by atoms with Crippen LogP contribution in [0.1, 0.15) is 9.67 Å². The fraction of sp³-hybridized carbons (Fsp3) is 0.0714. The Hall–Kier alpha value is -2.47. The molecule has 0 saturated heterocycles. The van der Waals surface area contributed by atoms with Crippen molar-refractivity contribution in [2.24, 2.45) is 0 Å². The number of nitrogens with two attached hydrogens (primary N) is 1. The minimum atomic E-state index is -0.154. The number of amides is 1. The van der Waals surface area contributed by atoms with E-state index in [1.54, 1.807) is 31.7 Å². The van der Waals surface area contributed by atoms with Crippen molar-refractivity contribution < 1.29 is 4.79 Å². The van der Waals surface area contributed by atoms with Crippen molar-refractivity contribution in [3.05, 3.63) is 47.7 Å². The lowest BCUT2D eigenvalue weighted by molar-refractivity contribution is 0.0997. The highest BCUT2D eigenvalue weighted by Gasteiger charge is 2.21. The largest absolute Gasteiger partial charge is 0.396 e. The minimum Gasteiger partial charge on any atom is -0.396 e. The molecular weight excluding hydrogens is 272 g/mol. The minimum absolute atomic E-state index is 0.154. The first-order chi connectivity index (χ1) is 9.68. The van der Waals surface area contributed by atoms with Crippen LogP contribution in [0, 0.1) is 0 Å². The molecule has 0 aliphatic rings. The summed E-state index contributed by atoms with van der Waals surface area (Å²) in [5, 5.41) is 0. The van der Waals surface area contributed by atoms with E-state index in [1.165, 1.54) is 16.2 Å². The Morgan fingerprint density at radius 1 is 1.30 bits per heavy atom. The normalized spacial score (nSPS) is 10.7. The number of hydrogen-bond acceptors (Lipinski definition) is 5. The number of thiophene rings is 1. The van der Waals surface area contributed by atoms with E-state index in [-0.39, 0.29) is 5.91 Å². The first kappa shape index (κ1) is 12.6. The maximum atomic E-state index is 12.5. The van der Waals surface area contributed by atoms with Gasteiger partial charge < -0.3 is 10.6 Å². The molecule has 0 aliphatic carbocycles. The summed E-state index contributed by atoms with van der Waals surface area (Å²) in [6.07, 6.45) is 4.98. The Morgan fingerprint density at radius 2 is 2.10 bits per heavy atom. The Kier molecular flexibility index (Phi) is 3.08. The number of carbonyl (C=O) groups excluding carboxylic acids is 1. The van der Waals surface area contributed by atoms with Crippen LogP contribution in [0.3, 0.4) is 0 Å². The van der Waals surface area contributed by atoms with Crippen LogP contribution in [0.4, 0.5) is 11.4 Å². The fourth-order valence-corrected chi connectivity index (χ4v) is 2.98. The van der Waals surface area contributed by atoms with Crippen LogP contribution >= 0.6 is 11.3 Å². The number of nitrogens with zero attached hydrogens (tertiary/aromatic N) is 3. The summed E-state index contributed by atoms with van der Waals surface area (Å²) in [5.41, 5.74) is 7.88. The van der Waals surface area contributed by atoms with Gasteiger partial charge in [-0.3, -0.25) is 14.8 Å². The van der Waals surface area contributed by atoms with Gasteiger partial charge in [0.25, 0.3) is 5.91 Å². The molecule has 3 rings (SSSR count). The van der Waals surface area contributed by atoms with E-state index in [1.807, 2.05) is 18.2 Å². The lowest BCUT2D eigenvalue weighted by atomic mass is 10.3. The van der Waals surface area contributed by atoms with E-state index in [0.29, 0.717) is 16.1 Å². The van der Waals surface area contributed by atoms with Crippen LogP contribution in [0.15, 0.2) is 42.9 Å². The summed E-state index contributed by atoms with van der Waals surface area (Å²) in [5.74, 6) is -0.154. The molecule has 0 aliphatic heterocycles. The fourth-order valence-electron chi connectivity index (χ4n) is 1.93. The van der Waals surface area contributed by atoms with E-state index in [4.69, 9.17) is 5.73 Å². The summed E-state index contributed by atoms with van der Waals surface area (Å²) < 4.78 is 0.910. The van der Waals surface area contributed by atoms with Gasteiger partial charge in [0.05, 0.1) is 22.3 Å². The summed E-state index contributed by atoms with van der Waals surface area (Å²) in [7, 11) is 1.70. The summed E-state index contributed by atoms with van der Waals surface area (Å²) in [4.78, 5) is 22.8. The van der Waals surface area contributed by atoms with Gasteiger partial charge in [-0.15, -0.1) is 11.3 Å². The van der Waals surface area contributed by atoms with Gasteiger partial charge in [-0.1, -0.05) is 0 Å².